The Labute approximate surface area is 151 Å². The third-order valence-corrected chi connectivity index (χ3v) is 6.07. The van der Waals surface area contributed by atoms with E-state index >= 15 is 0 Å². The van der Waals surface area contributed by atoms with E-state index < -0.39 is 31.4 Å². The molecular formula is C15H24N5O3PS. The zero-order valence-corrected chi connectivity index (χ0v) is 16.2. The Hall–Kier alpha value is -1.25. The van der Waals surface area contributed by atoms with Crippen molar-refractivity contribution in [3.05, 3.63) is 10.5 Å². The SMILES string of the molecule is C=P(C)(C)CC[C@H]1O[C@@H](n2c(N)nc3c(=S)nc(C)[nH]c32)[C@H](O)[C@@H]1O. The molecule has 2 aromatic rings. The maximum Gasteiger partial charge on any atom is 0.204 e. The van der Waals surface area contributed by atoms with Gasteiger partial charge in [0.15, 0.2) is 10.9 Å². The minimum absolute atomic E-state index is 0.145. The van der Waals surface area contributed by atoms with Gasteiger partial charge in [-0.05, 0) is 32.8 Å². The van der Waals surface area contributed by atoms with Crippen LogP contribution in [-0.4, -0.2) is 73.8 Å². The average Bonchev–Trinajstić information content (AvgIpc) is 2.95. The predicted molar refractivity (Wildman–Crippen MR) is 103 cm³/mol. The summed E-state index contributed by atoms with van der Waals surface area (Å²) in [5.74, 6) is 0.749. The van der Waals surface area contributed by atoms with Crippen LogP contribution in [0.4, 0.5) is 5.95 Å². The number of aromatic nitrogens is 4. The molecule has 0 amide bonds. The summed E-state index contributed by atoms with van der Waals surface area (Å²) in [7, 11) is 0. The first-order valence-electron chi connectivity index (χ1n) is 8.02. The lowest BCUT2D eigenvalue weighted by Gasteiger charge is -2.19. The summed E-state index contributed by atoms with van der Waals surface area (Å²) in [6.07, 6.45) is 2.21. The lowest BCUT2D eigenvalue weighted by molar-refractivity contribution is -0.0340. The standard InChI is InChI=1S/C15H24N5O3PS/c1-7-17-12-9(13(25)18-7)19-15(16)20(12)14-11(22)10(21)8(23-14)5-6-24(2,3)4/h8,10-11,14,21-22H,2,5-6H2,1,3-4H3,(H2,16,19)(H,17,18,25)/t8-,10-,11-,14-/m1/s1. The summed E-state index contributed by atoms with van der Waals surface area (Å²) in [5, 5.41) is 20.9. The number of nitrogen functional groups attached to an aromatic ring is 1. The minimum Gasteiger partial charge on any atom is -0.388 e. The number of fused-ring (bicyclic) bond motifs is 1. The number of rotatable bonds is 4. The van der Waals surface area contributed by atoms with Crippen molar-refractivity contribution in [2.75, 3.05) is 25.2 Å². The Bertz CT molecular complexity index is 904. The summed E-state index contributed by atoms with van der Waals surface area (Å²) >= 11 is 5.23. The number of aliphatic hydroxyl groups excluding tert-OH is 2. The average molecular weight is 385 g/mol. The number of nitrogens with two attached hydrogens (primary N) is 1. The van der Waals surface area contributed by atoms with Gasteiger partial charge < -0.3 is 25.7 Å². The number of ether oxygens (including phenoxy) is 1. The highest BCUT2D eigenvalue weighted by Crippen LogP contribution is 2.40. The zero-order chi connectivity index (χ0) is 18.5. The van der Waals surface area contributed by atoms with Gasteiger partial charge in [-0.2, -0.15) is 0 Å². The number of nitrogens with zero attached hydrogens (tertiary/aromatic N) is 3. The van der Waals surface area contributed by atoms with Gasteiger partial charge in [-0.25, -0.2) is 9.97 Å². The Balaban J connectivity index is 1.97. The molecular weight excluding hydrogens is 361 g/mol. The van der Waals surface area contributed by atoms with Crippen LogP contribution in [0, 0.1) is 11.6 Å². The lowest BCUT2D eigenvalue weighted by Crippen LogP contribution is -2.32. The monoisotopic (exact) mass is 385 g/mol. The fourth-order valence-corrected chi connectivity index (χ4v) is 4.27. The minimum atomic E-state index is -1.25. The summed E-state index contributed by atoms with van der Waals surface area (Å²) in [6, 6.07) is 0. The molecule has 8 nitrogen and oxygen atoms in total. The van der Waals surface area contributed by atoms with E-state index in [4.69, 9.17) is 22.7 Å². The van der Waals surface area contributed by atoms with E-state index in [1.807, 2.05) is 0 Å². The number of hydrogen-bond donors (Lipinski definition) is 4. The molecule has 0 aromatic carbocycles. The van der Waals surface area contributed by atoms with Crippen LogP contribution in [0.2, 0.25) is 0 Å². The van der Waals surface area contributed by atoms with Crippen LogP contribution in [0.5, 0.6) is 0 Å². The number of nitrogens with one attached hydrogen (secondary N) is 1. The maximum atomic E-state index is 10.5. The van der Waals surface area contributed by atoms with E-state index in [2.05, 4.69) is 34.6 Å². The predicted octanol–water partition coefficient (Wildman–Crippen LogP) is 1.10. The molecule has 1 saturated heterocycles. The molecule has 0 spiro atoms. The number of hydrogen-bond acceptors (Lipinski definition) is 7. The zero-order valence-electron chi connectivity index (χ0n) is 14.5. The molecule has 0 radical (unpaired) electrons. The van der Waals surface area contributed by atoms with Crippen molar-refractivity contribution in [3.8, 4) is 0 Å². The third kappa shape index (κ3) is 3.52. The highest BCUT2D eigenvalue weighted by Gasteiger charge is 2.44. The molecule has 3 rings (SSSR count). The summed E-state index contributed by atoms with van der Waals surface area (Å²) in [5.41, 5.74) is 7.00. The van der Waals surface area contributed by atoms with Crippen molar-refractivity contribution < 1.29 is 14.9 Å². The van der Waals surface area contributed by atoms with Crippen molar-refractivity contribution in [2.45, 2.75) is 37.9 Å². The van der Waals surface area contributed by atoms with Gasteiger partial charge in [-0.1, -0.05) is 12.2 Å². The van der Waals surface area contributed by atoms with Gasteiger partial charge in [0.25, 0.3) is 0 Å². The number of aliphatic hydroxyl groups is 2. The molecule has 3 heterocycles. The van der Waals surface area contributed by atoms with Crippen molar-refractivity contribution >= 4 is 42.5 Å². The van der Waals surface area contributed by atoms with Crippen LogP contribution in [-0.2, 0) is 4.74 Å². The molecule has 1 fully saturated rings. The van der Waals surface area contributed by atoms with Crippen molar-refractivity contribution in [1.29, 1.82) is 0 Å². The van der Waals surface area contributed by atoms with E-state index in [0.29, 0.717) is 28.0 Å². The molecule has 0 saturated carbocycles. The molecule has 1 aliphatic rings. The van der Waals surface area contributed by atoms with E-state index in [9.17, 15) is 10.2 Å². The first-order valence-corrected chi connectivity index (χ1v) is 11.5. The molecule has 1 aliphatic heterocycles. The largest absolute Gasteiger partial charge is 0.388 e. The molecule has 138 valence electrons. The Morgan fingerprint density at radius 1 is 1.36 bits per heavy atom. The number of aryl methyl sites for hydroxylation is 1. The van der Waals surface area contributed by atoms with Crippen LogP contribution >= 0.6 is 19.1 Å². The second-order valence-corrected chi connectivity index (χ2v) is 11.9. The van der Waals surface area contributed by atoms with Crippen molar-refractivity contribution in [1.82, 2.24) is 19.5 Å². The fourth-order valence-electron chi connectivity index (χ4n) is 3.04. The molecule has 25 heavy (non-hydrogen) atoms. The van der Waals surface area contributed by atoms with Crippen LogP contribution in [0.15, 0.2) is 0 Å². The summed E-state index contributed by atoms with van der Waals surface area (Å²) in [6.45, 7) is 4.77. The Morgan fingerprint density at radius 2 is 2.04 bits per heavy atom. The number of anilines is 1. The summed E-state index contributed by atoms with van der Waals surface area (Å²) < 4.78 is 7.82. The molecule has 0 aliphatic carbocycles. The van der Waals surface area contributed by atoms with Crippen LogP contribution < -0.4 is 5.73 Å². The van der Waals surface area contributed by atoms with Crippen molar-refractivity contribution in [3.63, 3.8) is 0 Å². The van der Waals surface area contributed by atoms with Gasteiger partial charge >= 0.3 is 0 Å². The molecule has 0 unspecified atom stereocenters. The van der Waals surface area contributed by atoms with Gasteiger partial charge in [0, 0.05) is 0 Å². The summed E-state index contributed by atoms with van der Waals surface area (Å²) in [4.78, 5) is 11.5. The number of H-pyrrole nitrogens is 1. The Morgan fingerprint density at radius 3 is 2.68 bits per heavy atom. The van der Waals surface area contributed by atoms with E-state index in [0.717, 1.165) is 6.16 Å². The highest BCUT2D eigenvalue weighted by molar-refractivity contribution is 7.72. The third-order valence-electron chi connectivity index (χ3n) is 4.32. The molecule has 2 aromatic heterocycles. The van der Waals surface area contributed by atoms with Gasteiger partial charge in [0.2, 0.25) is 5.95 Å². The maximum absolute atomic E-state index is 10.5. The van der Waals surface area contributed by atoms with Crippen molar-refractivity contribution in [2.24, 2.45) is 0 Å². The molecule has 5 N–H and O–H groups in total. The second-order valence-electron chi connectivity index (χ2n) is 7.16. The lowest BCUT2D eigenvalue weighted by atomic mass is 10.1. The van der Waals surface area contributed by atoms with Crippen LogP contribution in [0.1, 0.15) is 18.5 Å². The van der Waals surface area contributed by atoms with Gasteiger partial charge in [-0.3, -0.25) is 4.57 Å². The van der Waals surface area contributed by atoms with Crippen LogP contribution in [0.3, 0.4) is 0 Å². The van der Waals surface area contributed by atoms with E-state index in [-0.39, 0.29) is 5.95 Å². The highest BCUT2D eigenvalue weighted by atomic mass is 32.1. The normalized spacial score (nSPS) is 27.2. The van der Waals surface area contributed by atoms with Crippen LogP contribution in [0.25, 0.3) is 11.2 Å². The fraction of sp³-hybridized carbons (Fsp3) is 0.600. The first kappa shape index (κ1) is 18.5. The molecule has 0 bridgehead atoms. The van der Waals surface area contributed by atoms with Gasteiger partial charge in [0.1, 0.15) is 29.2 Å². The van der Waals surface area contributed by atoms with E-state index in [1.165, 1.54) is 4.57 Å². The first-order chi connectivity index (χ1) is 11.6. The Kier molecular flexibility index (Phi) is 4.81. The molecule has 10 heteroatoms. The second kappa shape index (κ2) is 6.48. The topological polar surface area (TPSA) is 122 Å². The molecule has 4 atom stereocenters. The number of imidazole rings is 1. The number of aromatic amines is 1. The van der Waals surface area contributed by atoms with Gasteiger partial charge in [-0.15, -0.1) is 13.2 Å². The quantitative estimate of drug-likeness (QED) is 0.459. The van der Waals surface area contributed by atoms with E-state index in [1.54, 1.807) is 6.92 Å². The smallest absolute Gasteiger partial charge is 0.204 e. The van der Waals surface area contributed by atoms with Gasteiger partial charge in [0.05, 0.1) is 6.10 Å².